The predicted octanol–water partition coefficient (Wildman–Crippen LogP) is 1.50. The highest BCUT2D eigenvalue weighted by atomic mass is 32.2. The molecule has 1 amide bonds. The maximum atomic E-state index is 11.3. The molecule has 0 radical (unpaired) electrons. The maximum Gasteiger partial charge on any atom is 0.237 e. The maximum absolute atomic E-state index is 11.3. The van der Waals surface area contributed by atoms with Gasteiger partial charge < -0.3 is 5.11 Å². The van der Waals surface area contributed by atoms with Crippen LogP contribution in [0.4, 0.5) is 0 Å². The van der Waals surface area contributed by atoms with E-state index in [1.807, 2.05) is 19.1 Å². The van der Waals surface area contributed by atoms with Crippen molar-refractivity contribution >= 4 is 17.7 Å². The van der Waals surface area contributed by atoms with Gasteiger partial charge in [-0.25, -0.2) is 5.84 Å². The summed E-state index contributed by atoms with van der Waals surface area (Å²) in [5.41, 5.74) is 2.13. The van der Waals surface area contributed by atoms with E-state index in [2.05, 4.69) is 5.43 Å². The number of nitrogens with two attached hydrogens (primary N) is 1. The second-order valence-corrected chi connectivity index (χ2v) is 5.01. The van der Waals surface area contributed by atoms with Gasteiger partial charge >= 0.3 is 0 Å². The van der Waals surface area contributed by atoms with E-state index in [9.17, 15) is 9.90 Å². The topological polar surface area (TPSA) is 75.3 Å². The van der Waals surface area contributed by atoms with Crippen LogP contribution in [-0.4, -0.2) is 16.3 Å². The lowest BCUT2D eigenvalue weighted by Crippen LogP contribution is -2.38. The van der Waals surface area contributed by atoms with Gasteiger partial charge in [-0.15, -0.1) is 11.8 Å². The molecule has 2 atom stereocenters. The van der Waals surface area contributed by atoms with Crippen LogP contribution >= 0.6 is 11.8 Å². The number of amides is 1. The summed E-state index contributed by atoms with van der Waals surface area (Å²) >= 11 is 1.46. The van der Waals surface area contributed by atoms with Gasteiger partial charge in [-0.05, 0) is 12.1 Å². The highest BCUT2D eigenvalue weighted by Crippen LogP contribution is 2.33. The van der Waals surface area contributed by atoms with E-state index in [1.165, 1.54) is 11.8 Å². The second kappa shape index (κ2) is 5.77. The monoisotopic (exact) mass is 240 g/mol. The van der Waals surface area contributed by atoms with Crippen molar-refractivity contribution in [3.8, 4) is 5.75 Å². The van der Waals surface area contributed by atoms with Crippen LogP contribution in [0.5, 0.6) is 5.75 Å². The number of carbonyl (C=O) groups excluding carboxylic acids is 1. The molecule has 0 aromatic heterocycles. The minimum atomic E-state index is -0.213. The Kier molecular flexibility index (Phi) is 4.64. The molecule has 1 aromatic rings. The second-order valence-electron chi connectivity index (χ2n) is 3.59. The van der Waals surface area contributed by atoms with Gasteiger partial charge in [-0.3, -0.25) is 10.2 Å². The van der Waals surface area contributed by atoms with Gasteiger partial charge in [-0.2, -0.15) is 0 Å². The number of nitrogens with one attached hydrogen (secondary N) is 1. The van der Waals surface area contributed by atoms with Gasteiger partial charge in [-0.1, -0.05) is 26.0 Å². The summed E-state index contributed by atoms with van der Waals surface area (Å²) in [5.74, 6) is 4.90. The van der Waals surface area contributed by atoms with Gasteiger partial charge in [0.25, 0.3) is 0 Å². The molecule has 4 nitrogen and oxygen atoms in total. The Morgan fingerprint density at radius 2 is 2.06 bits per heavy atom. The number of hydrogen-bond acceptors (Lipinski definition) is 4. The fraction of sp³-hybridized carbons (Fsp3) is 0.364. The number of phenols is 1. The molecule has 1 aromatic carbocycles. The lowest BCUT2D eigenvalue weighted by molar-refractivity contribution is -0.124. The Labute approximate surface area is 99.2 Å². The lowest BCUT2D eigenvalue weighted by atomic mass is 10.1. The van der Waals surface area contributed by atoms with E-state index in [0.717, 1.165) is 4.90 Å². The molecule has 4 N–H and O–H groups in total. The number of benzene rings is 1. The molecular weight excluding hydrogens is 224 g/mol. The molecule has 1 rings (SSSR count). The summed E-state index contributed by atoms with van der Waals surface area (Å²) in [7, 11) is 0. The highest BCUT2D eigenvalue weighted by molar-refractivity contribution is 8.00. The lowest BCUT2D eigenvalue weighted by Gasteiger charge is -2.18. The molecule has 0 aliphatic rings. The molecule has 88 valence electrons. The molecule has 5 heteroatoms. The quantitative estimate of drug-likeness (QED) is 0.323. The third-order valence-corrected chi connectivity index (χ3v) is 3.82. The fourth-order valence-electron chi connectivity index (χ4n) is 1.20. The van der Waals surface area contributed by atoms with Gasteiger partial charge in [0.1, 0.15) is 5.75 Å². The van der Waals surface area contributed by atoms with E-state index in [4.69, 9.17) is 5.84 Å². The number of aromatic hydroxyl groups is 1. The molecule has 0 heterocycles. The average Bonchev–Trinajstić information content (AvgIpc) is 2.30. The van der Waals surface area contributed by atoms with E-state index in [0.29, 0.717) is 0 Å². The zero-order valence-electron chi connectivity index (χ0n) is 9.31. The molecule has 0 aliphatic heterocycles. The zero-order valence-corrected chi connectivity index (χ0v) is 10.1. The molecule has 2 unspecified atom stereocenters. The molecule has 0 saturated heterocycles. The third kappa shape index (κ3) is 3.15. The van der Waals surface area contributed by atoms with Crippen molar-refractivity contribution in [3.63, 3.8) is 0 Å². The van der Waals surface area contributed by atoms with Crippen molar-refractivity contribution < 1.29 is 9.90 Å². The van der Waals surface area contributed by atoms with Crippen molar-refractivity contribution in [2.24, 2.45) is 11.8 Å². The smallest absolute Gasteiger partial charge is 0.237 e. The average molecular weight is 240 g/mol. The minimum Gasteiger partial charge on any atom is -0.507 e. The third-order valence-electron chi connectivity index (χ3n) is 2.44. The zero-order chi connectivity index (χ0) is 12.1. The van der Waals surface area contributed by atoms with Crippen LogP contribution in [0.15, 0.2) is 29.2 Å². The molecule has 0 fully saturated rings. The van der Waals surface area contributed by atoms with Gasteiger partial charge in [0, 0.05) is 16.1 Å². The van der Waals surface area contributed by atoms with Crippen molar-refractivity contribution in [2.45, 2.75) is 24.0 Å². The fourth-order valence-corrected chi connectivity index (χ4v) is 2.28. The van der Waals surface area contributed by atoms with Crippen LogP contribution in [0.3, 0.4) is 0 Å². The van der Waals surface area contributed by atoms with Crippen LogP contribution in [-0.2, 0) is 4.79 Å². The number of para-hydroxylation sites is 1. The molecular formula is C11H16N2O2S. The molecule has 16 heavy (non-hydrogen) atoms. The SMILES string of the molecule is CC(Sc1ccccc1O)C(C)C(=O)NN. The summed E-state index contributed by atoms with van der Waals surface area (Å²) in [4.78, 5) is 12.1. The summed E-state index contributed by atoms with van der Waals surface area (Å²) in [5, 5.41) is 9.63. The number of rotatable bonds is 4. The number of phenolic OH excluding ortho intramolecular Hbond substituents is 1. The summed E-state index contributed by atoms with van der Waals surface area (Å²) in [6.07, 6.45) is 0. The summed E-state index contributed by atoms with van der Waals surface area (Å²) in [6, 6.07) is 7.06. The standard InChI is InChI=1S/C11H16N2O2S/c1-7(11(15)13-12)8(2)16-10-6-4-3-5-9(10)14/h3-8,14H,12H2,1-2H3,(H,13,15). The van der Waals surface area contributed by atoms with Crippen molar-refractivity contribution in [3.05, 3.63) is 24.3 Å². The van der Waals surface area contributed by atoms with E-state index >= 15 is 0 Å². The predicted molar refractivity (Wildman–Crippen MR) is 64.9 cm³/mol. The van der Waals surface area contributed by atoms with Crippen molar-refractivity contribution in [2.75, 3.05) is 0 Å². The van der Waals surface area contributed by atoms with Crippen molar-refractivity contribution in [1.29, 1.82) is 0 Å². The molecule has 0 bridgehead atoms. The first kappa shape index (κ1) is 12.9. The Morgan fingerprint density at radius 1 is 1.44 bits per heavy atom. The highest BCUT2D eigenvalue weighted by Gasteiger charge is 2.21. The van der Waals surface area contributed by atoms with Crippen LogP contribution in [0, 0.1) is 5.92 Å². The van der Waals surface area contributed by atoms with Crippen LogP contribution in [0.25, 0.3) is 0 Å². The Hall–Kier alpha value is -1.20. The first-order chi connectivity index (χ1) is 7.56. The van der Waals surface area contributed by atoms with E-state index in [-0.39, 0.29) is 22.8 Å². The normalized spacial score (nSPS) is 14.2. The van der Waals surface area contributed by atoms with Crippen LogP contribution < -0.4 is 11.3 Å². The number of carbonyl (C=O) groups is 1. The van der Waals surface area contributed by atoms with E-state index < -0.39 is 0 Å². The van der Waals surface area contributed by atoms with Crippen LogP contribution in [0.1, 0.15) is 13.8 Å². The van der Waals surface area contributed by atoms with Gasteiger partial charge in [0.15, 0.2) is 0 Å². The first-order valence-electron chi connectivity index (χ1n) is 5.01. The largest absolute Gasteiger partial charge is 0.507 e. The Morgan fingerprint density at radius 3 is 2.62 bits per heavy atom. The van der Waals surface area contributed by atoms with Gasteiger partial charge in [0.05, 0.1) is 0 Å². The number of thioether (sulfide) groups is 1. The number of hydrazine groups is 1. The van der Waals surface area contributed by atoms with Gasteiger partial charge in [0.2, 0.25) is 5.91 Å². The summed E-state index contributed by atoms with van der Waals surface area (Å²) in [6.45, 7) is 3.73. The van der Waals surface area contributed by atoms with Crippen LogP contribution in [0.2, 0.25) is 0 Å². The van der Waals surface area contributed by atoms with Crippen molar-refractivity contribution in [1.82, 2.24) is 5.43 Å². The first-order valence-corrected chi connectivity index (χ1v) is 5.89. The molecule has 0 spiro atoms. The Bertz CT molecular complexity index is 371. The summed E-state index contributed by atoms with van der Waals surface area (Å²) < 4.78 is 0. The number of hydrogen-bond donors (Lipinski definition) is 3. The molecule has 0 aliphatic carbocycles. The minimum absolute atomic E-state index is 0.0387. The molecule has 0 saturated carbocycles. The van der Waals surface area contributed by atoms with E-state index in [1.54, 1.807) is 19.1 Å². The Balaban J connectivity index is 2.68.